The van der Waals surface area contributed by atoms with Gasteiger partial charge in [-0.15, -0.1) is 11.6 Å². The molecule has 0 atom stereocenters. The van der Waals surface area contributed by atoms with Crippen LogP contribution in [0.25, 0.3) is 0 Å². The van der Waals surface area contributed by atoms with E-state index in [1.807, 2.05) is 0 Å². The minimum Gasteiger partial charge on any atom is -0.283 e. The van der Waals surface area contributed by atoms with Gasteiger partial charge in [-0.2, -0.15) is 4.31 Å². The second-order valence-corrected chi connectivity index (χ2v) is 8.71. The molecule has 0 amide bonds. The highest BCUT2D eigenvalue weighted by Gasteiger charge is 2.27. The van der Waals surface area contributed by atoms with Gasteiger partial charge < -0.3 is 0 Å². The van der Waals surface area contributed by atoms with Crippen molar-refractivity contribution in [3.63, 3.8) is 0 Å². The lowest BCUT2D eigenvalue weighted by atomic mass is 10.3. The van der Waals surface area contributed by atoms with Crippen LogP contribution in [-0.2, 0) is 20.0 Å². The van der Waals surface area contributed by atoms with Crippen LogP contribution in [0.4, 0.5) is 5.69 Å². The molecular formula is C11H15ClN2O4S2. The molecule has 0 radical (unpaired) electrons. The summed E-state index contributed by atoms with van der Waals surface area (Å²) in [6.45, 7) is 1.000. The maximum atomic E-state index is 12.3. The summed E-state index contributed by atoms with van der Waals surface area (Å²) < 4.78 is 51.1. The number of hydrogen-bond donors (Lipinski definition) is 1. The molecule has 1 aromatic carbocycles. The molecule has 0 spiro atoms. The van der Waals surface area contributed by atoms with E-state index in [1.165, 1.54) is 28.6 Å². The molecule has 0 bridgehead atoms. The molecular weight excluding hydrogens is 324 g/mol. The molecule has 0 aromatic heterocycles. The highest BCUT2D eigenvalue weighted by atomic mass is 35.5. The van der Waals surface area contributed by atoms with Crippen LogP contribution in [0.15, 0.2) is 29.2 Å². The normalized spacial score (nSPS) is 17.2. The Morgan fingerprint density at radius 1 is 1.15 bits per heavy atom. The van der Waals surface area contributed by atoms with E-state index >= 15 is 0 Å². The predicted octanol–water partition coefficient (Wildman–Crippen LogP) is 1.41. The average Bonchev–Trinajstić information content (AvgIpc) is 2.93. The van der Waals surface area contributed by atoms with Crippen molar-refractivity contribution in [1.82, 2.24) is 4.31 Å². The van der Waals surface area contributed by atoms with E-state index in [0.29, 0.717) is 13.1 Å². The summed E-state index contributed by atoms with van der Waals surface area (Å²) in [6, 6.07) is 5.73. The standard InChI is InChI=1S/C11H15ClN2O4S2/c12-9-19(15,16)13-10-4-3-5-11(8-10)20(17,18)14-6-1-2-7-14/h3-5,8,13H,1-2,6-7,9H2. The molecule has 1 aliphatic heterocycles. The van der Waals surface area contributed by atoms with Gasteiger partial charge >= 0.3 is 0 Å². The average molecular weight is 339 g/mol. The van der Waals surface area contributed by atoms with Gasteiger partial charge in [-0.05, 0) is 31.0 Å². The van der Waals surface area contributed by atoms with Gasteiger partial charge in [-0.1, -0.05) is 6.07 Å². The van der Waals surface area contributed by atoms with E-state index in [9.17, 15) is 16.8 Å². The lowest BCUT2D eigenvalue weighted by Gasteiger charge is -2.16. The van der Waals surface area contributed by atoms with Crippen LogP contribution in [0.2, 0.25) is 0 Å². The van der Waals surface area contributed by atoms with Crippen molar-refractivity contribution in [2.45, 2.75) is 17.7 Å². The summed E-state index contributed by atoms with van der Waals surface area (Å²) in [5.41, 5.74) is 0.186. The van der Waals surface area contributed by atoms with Gasteiger partial charge in [0.2, 0.25) is 20.0 Å². The number of rotatable bonds is 5. The number of anilines is 1. The predicted molar refractivity (Wildman–Crippen MR) is 77.7 cm³/mol. The second kappa shape index (κ2) is 5.88. The Bertz CT molecular complexity index is 682. The van der Waals surface area contributed by atoms with E-state index in [-0.39, 0.29) is 10.6 Å². The topological polar surface area (TPSA) is 83.5 Å². The Hall–Kier alpha value is -0.830. The first-order chi connectivity index (χ1) is 9.35. The van der Waals surface area contributed by atoms with Crippen LogP contribution >= 0.6 is 11.6 Å². The van der Waals surface area contributed by atoms with Gasteiger partial charge in [-0.25, -0.2) is 16.8 Å². The Balaban J connectivity index is 2.30. The Labute approximate surface area is 123 Å². The first-order valence-corrected chi connectivity index (χ1v) is 9.64. The van der Waals surface area contributed by atoms with Gasteiger partial charge in [0.1, 0.15) is 5.21 Å². The molecule has 20 heavy (non-hydrogen) atoms. The minimum atomic E-state index is -3.65. The number of nitrogens with zero attached hydrogens (tertiary/aromatic N) is 1. The van der Waals surface area contributed by atoms with Crippen molar-refractivity contribution in [1.29, 1.82) is 0 Å². The highest BCUT2D eigenvalue weighted by Crippen LogP contribution is 2.23. The largest absolute Gasteiger partial charge is 0.283 e. The van der Waals surface area contributed by atoms with Crippen LogP contribution in [0.1, 0.15) is 12.8 Å². The van der Waals surface area contributed by atoms with Crippen molar-refractivity contribution in [3.05, 3.63) is 24.3 Å². The zero-order valence-corrected chi connectivity index (χ0v) is 13.0. The zero-order valence-electron chi connectivity index (χ0n) is 10.6. The van der Waals surface area contributed by atoms with Crippen molar-refractivity contribution >= 4 is 37.3 Å². The lowest BCUT2D eigenvalue weighted by molar-refractivity contribution is 0.477. The maximum Gasteiger partial charge on any atom is 0.246 e. The molecule has 1 aliphatic rings. The van der Waals surface area contributed by atoms with Crippen molar-refractivity contribution in [2.24, 2.45) is 0 Å². The van der Waals surface area contributed by atoms with Crippen LogP contribution < -0.4 is 4.72 Å². The highest BCUT2D eigenvalue weighted by molar-refractivity contribution is 7.93. The molecule has 0 aliphatic carbocycles. The van der Waals surface area contributed by atoms with Crippen LogP contribution in [0.3, 0.4) is 0 Å². The van der Waals surface area contributed by atoms with E-state index in [2.05, 4.69) is 4.72 Å². The Morgan fingerprint density at radius 2 is 1.80 bits per heavy atom. The summed E-state index contributed by atoms with van der Waals surface area (Å²) in [5, 5.41) is -0.587. The van der Waals surface area contributed by atoms with E-state index in [4.69, 9.17) is 11.6 Å². The van der Waals surface area contributed by atoms with E-state index in [1.54, 1.807) is 0 Å². The number of hydrogen-bond acceptors (Lipinski definition) is 4. The monoisotopic (exact) mass is 338 g/mol. The molecule has 2 rings (SSSR count). The first-order valence-electron chi connectivity index (χ1n) is 6.02. The molecule has 1 saturated heterocycles. The number of halogens is 1. The molecule has 0 saturated carbocycles. The lowest BCUT2D eigenvalue weighted by Crippen LogP contribution is -2.28. The zero-order chi connectivity index (χ0) is 14.8. The molecule has 0 unspecified atom stereocenters. The minimum absolute atomic E-state index is 0.0779. The smallest absolute Gasteiger partial charge is 0.246 e. The molecule has 1 fully saturated rings. The third-order valence-corrected chi connectivity index (χ3v) is 6.54. The molecule has 1 heterocycles. The molecule has 112 valence electrons. The Kier molecular flexibility index (Phi) is 4.58. The summed E-state index contributed by atoms with van der Waals surface area (Å²) >= 11 is 5.30. The van der Waals surface area contributed by atoms with E-state index in [0.717, 1.165) is 12.8 Å². The maximum absolute atomic E-state index is 12.3. The van der Waals surface area contributed by atoms with Gasteiger partial charge in [0, 0.05) is 18.8 Å². The van der Waals surface area contributed by atoms with Crippen LogP contribution in [-0.4, -0.2) is 39.4 Å². The third kappa shape index (κ3) is 3.43. The molecule has 6 nitrogen and oxygen atoms in total. The van der Waals surface area contributed by atoms with Crippen LogP contribution in [0.5, 0.6) is 0 Å². The summed E-state index contributed by atoms with van der Waals surface area (Å²) in [4.78, 5) is 0.0779. The molecule has 1 N–H and O–H groups in total. The Morgan fingerprint density at radius 3 is 2.40 bits per heavy atom. The van der Waals surface area contributed by atoms with Gasteiger partial charge in [0.15, 0.2) is 0 Å². The SMILES string of the molecule is O=S(=O)(CCl)Nc1cccc(S(=O)(=O)N2CCCC2)c1. The van der Waals surface area contributed by atoms with Crippen molar-refractivity contribution in [2.75, 3.05) is 23.0 Å². The van der Waals surface area contributed by atoms with Crippen LogP contribution in [0, 0.1) is 0 Å². The second-order valence-electron chi connectivity index (χ2n) is 4.46. The first kappa shape index (κ1) is 15.6. The number of nitrogens with one attached hydrogen (secondary N) is 1. The fraction of sp³-hybridized carbons (Fsp3) is 0.455. The molecule has 1 aromatic rings. The van der Waals surface area contributed by atoms with Gasteiger partial charge in [0.05, 0.1) is 4.90 Å². The third-order valence-electron chi connectivity index (χ3n) is 2.95. The fourth-order valence-electron chi connectivity index (χ4n) is 2.00. The number of benzene rings is 1. The summed E-state index contributed by atoms with van der Waals surface area (Å²) in [7, 11) is -7.20. The summed E-state index contributed by atoms with van der Waals surface area (Å²) in [6.07, 6.45) is 1.69. The fourth-order valence-corrected chi connectivity index (χ4v) is 4.27. The summed E-state index contributed by atoms with van der Waals surface area (Å²) in [5.74, 6) is 0. The molecule has 9 heteroatoms. The van der Waals surface area contributed by atoms with Gasteiger partial charge in [0.25, 0.3) is 0 Å². The van der Waals surface area contributed by atoms with Gasteiger partial charge in [-0.3, -0.25) is 4.72 Å². The van der Waals surface area contributed by atoms with E-state index < -0.39 is 25.3 Å². The number of sulfonamides is 2. The number of alkyl halides is 1. The van der Waals surface area contributed by atoms with Crippen molar-refractivity contribution < 1.29 is 16.8 Å². The van der Waals surface area contributed by atoms with Crippen molar-refractivity contribution in [3.8, 4) is 0 Å². The quantitative estimate of drug-likeness (QED) is 0.823.